The molecule has 1 heterocycles. The van der Waals surface area contributed by atoms with Crippen molar-refractivity contribution in [2.45, 2.75) is 12.8 Å². The van der Waals surface area contributed by atoms with Gasteiger partial charge in [0.1, 0.15) is 5.75 Å². The molecule has 0 unspecified atom stereocenters. The number of carbonyl (C=O) groups is 3. The van der Waals surface area contributed by atoms with Crippen molar-refractivity contribution in [3.05, 3.63) is 52.2 Å². The van der Waals surface area contributed by atoms with Crippen LogP contribution >= 0.6 is 11.3 Å². The first-order chi connectivity index (χ1) is 11.6. The Morgan fingerprint density at radius 1 is 1.12 bits per heavy atom. The van der Waals surface area contributed by atoms with Crippen molar-refractivity contribution >= 4 is 29.1 Å². The van der Waals surface area contributed by atoms with E-state index < -0.39 is 24.4 Å². The van der Waals surface area contributed by atoms with Crippen LogP contribution in [0.1, 0.15) is 21.7 Å². The van der Waals surface area contributed by atoms with Crippen molar-refractivity contribution < 1.29 is 23.9 Å². The largest absolute Gasteiger partial charge is 0.496 e. The lowest BCUT2D eigenvalue weighted by Crippen LogP contribution is -2.34. The predicted octanol–water partition coefficient (Wildman–Crippen LogP) is 2.19. The number of thiophene rings is 1. The van der Waals surface area contributed by atoms with E-state index in [9.17, 15) is 14.4 Å². The quantitative estimate of drug-likeness (QED) is 0.777. The second kappa shape index (κ2) is 8.83. The minimum Gasteiger partial charge on any atom is -0.496 e. The standard InChI is InChI=1S/C17H17NO5S/c1-22-14-7-3-2-6-13(14)17(21)18-15(19)11-23-16(20)9-8-12-5-4-10-24-12/h2-7,10H,8-9,11H2,1H3,(H,18,19,21). The second-order valence-electron chi connectivity index (χ2n) is 4.82. The minimum absolute atomic E-state index is 0.189. The molecule has 1 aromatic carbocycles. The summed E-state index contributed by atoms with van der Waals surface area (Å²) in [6, 6.07) is 10.4. The van der Waals surface area contributed by atoms with E-state index in [-0.39, 0.29) is 12.0 Å². The molecule has 0 spiro atoms. The lowest BCUT2D eigenvalue weighted by atomic mass is 10.2. The fourth-order valence-electron chi connectivity index (χ4n) is 1.96. The van der Waals surface area contributed by atoms with E-state index in [0.29, 0.717) is 12.2 Å². The third kappa shape index (κ3) is 5.20. The second-order valence-corrected chi connectivity index (χ2v) is 5.85. The summed E-state index contributed by atoms with van der Waals surface area (Å²) >= 11 is 1.56. The Labute approximate surface area is 143 Å². The van der Waals surface area contributed by atoms with Crippen LogP contribution < -0.4 is 10.1 Å². The molecule has 0 saturated heterocycles. The maximum absolute atomic E-state index is 12.0. The first-order valence-corrected chi connectivity index (χ1v) is 8.13. The van der Waals surface area contributed by atoms with E-state index in [2.05, 4.69) is 5.32 Å². The number of methoxy groups -OCH3 is 1. The summed E-state index contributed by atoms with van der Waals surface area (Å²) in [6.45, 7) is -0.496. The van der Waals surface area contributed by atoms with Gasteiger partial charge >= 0.3 is 5.97 Å². The third-order valence-electron chi connectivity index (χ3n) is 3.12. The Morgan fingerprint density at radius 2 is 1.92 bits per heavy atom. The SMILES string of the molecule is COc1ccccc1C(=O)NC(=O)COC(=O)CCc1cccs1. The highest BCUT2D eigenvalue weighted by atomic mass is 32.1. The summed E-state index contributed by atoms with van der Waals surface area (Å²) < 4.78 is 9.92. The van der Waals surface area contributed by atoms with Gasteiger partial charge in [-0.3, -0.25) is 19.7 Å². The smallest absolute Gasteiger partial charge is 0.306 e. The van der Waals surface area contributed by atoms with Crippen LogP contribution in [0.25, 0.3) is 0 Å². The number of aryl methyl sites for hydroxylation is 1. The highest BCUT2D eigenvalue weighted by Gasteiger charge is 2.15. The predicted molar refractivity (Wildman–Crippen MR) is 89.1 cm³/mol. The van der Waals surface area contributed by atoms with E-state index in [1.165, 1.54) is 13.2 Å². The van der Waals surface area contributed by atoms with Crippen molar-refractivity contribution in [2.75, 3.05) is 13.7 Å². The van der Waals surface area contributed by atoms with Crippen LogP contribution in [0.15, 0.2) is 41.8 Å². The van der Waals surface area contributed by atoms with Gasteiger partial charge in [-0.05, 0) is 30.0 Å². The van der Waals surface area contributed by atoms with Gasteiger partial charge in [-0.1, -0.05) is 18.2 Å². The molecule has 0 fully saturated rings. The number of amides is 2. The van der Waals surface area contributed by atoms with E-state index in [0.717, 1.165) is 4.88 Å². The number of ether oxygens (including phenoxy) is 2. The van der Waals surface area contributed by atoms with Crippen molar-refractivity contribution in [3.63, 3.8) is 0 Å². The maximum Gasteiger partial charge on any atom is 0.306 e. The van der Waals surface area contributed by atoms with Crippen LogP contribution in [0.4, 0.5) is 0 Å². The average molecular weight is 347 g/mol. The van der Waals surface area contributed by atoms with Gasteiger partial charge in [-0.25, -0.2) is 0 Å². The lowest BCUT2D eigenvalue weighted by molar-refractivity contribution is -0.148. The molecule has 0 radical (unpaired) electrons. The molecule has 1 N–H and O–H groups in total. The fourth-order valence-corrected chi connectivity index (χ4v) is 2.67. The van der Waals surface area contributed by atoms with Crippen molar-refractivity contribution in [1.29, 1.82) is 0 Å². The van der Waals surface area contributed by atoms with E-state index in [4.69, 9.17) is 9.47 Å². The number of para-hydroxylation sites is 1. The summed E-state index contributed by atoms with van der Waals surface area (Å²) in [5, 5.41) is 4.09. The highest BCUT2D eigenvalue weighted by Crippen LogP contribution is 2.16. The number of esters is 1. The van der Waals surface area contributed by atoms with Gasteiger partial charge in [-0.15, -0.1) is 11.3 Å². The van der Waals surface area contributed by atoms with Gasteiger partial charge in [0.2, 0.25) is 0 Å². The molecule has 0 aliphatic rings. The zero-order valence-corrected chi connectivity index (χ0v) is 13.9. The van der Waals surface area contributed by atoms with Crippen LogP contribution in [-0.4, -0.2) is 31.5 Å². The number of hydrogen-bond acceptors (Lipinski definition) is 6. The highest BCUT2D eigenvalue weighted by molar-refractivity contribution is 7.09. The Morgan fingerprint density at radius 3 is 2.62 bits per heavy atom. The molecule has 126 valence electrons. The summed E-state index contributed by atoms with van der Waals surface area (Å²) in [4.78, 5) is 36.4. The van der Waals surface area contributed by atoms with Crippen LogP contribution in [0, 0.1) is 0 Å². The topological polar surface area (TPSA) is 81.7 Å². The van der Waals surface area contributed by atoms with Gasteiger partial charge in [0.15, 0.2) is 6.61 Å². The van der Waals surface area contributed by atoms with E-state index >= 15 is 0 Å². The molecular weight excluding hydrogens is 330 g/mol. The van der Waals surface area contributed by atoms with Crippen LogP contribution in [0.5, 0.6) is 5.75 Å². The van der Waals surface area contributed by atoms with Crippen molar-refractivity contribution in [3.8, 4) is 5.75 Å². The first-order valence-electron chi connectivity index (χ1n) is 7.25. The average Bonchev–Trinajstić information content (AvgIpc) is 3.11. The molecule has 0 aliphatic heterocycles. The Bertz CT molecular complexity index is 712. The number of carbonyl (C=O) groups excluding carboxylic acids is 3. The van der Waals surface area contributed by atoms with Gasteiger partial charge in [-0.2, -0.15) is 0 Å². The van der Waals surface area contributed by atoms with Crippen LogP contribution in [-0.2, 0) is 20.7 Å². The Kier molecular flexibility index (Phi) is 6.51. The normalized spacial score (nSPS) is 10.0. The molecular formula is C17H17NO5S. The van der Waals surface area contributed by atoms with E-state index in [1.807, 2.05) is 17.5 Å². The molecule has 24 heavy (non-hydrogen) atoms. The Hall–Kier alpha value is -2.67. The van der Waals surface area contributed by atoms with E-state index in [1.54, 1.807) is 29.5 Å². The zero-order chi connectivity index (χ0) is 17.4. The lowest BCUT2D eigenvalue weighted by Gasteiger charge is -2.08. The molecule has 6 nitrogen and oxygen atoms in total. The number of benzene rings is 1. The number of nitrogens with one attached hydrogen (secondary N) is 1. The molecule has 0 bridgehead atoms. The molecule has 0 atom stereocenters. The first kappa shape index (κ1) is 17.7. The monoisotopic (exact) mass is 347 g/mol. The minimum atomic E-state index is -0.685. The molecule has 1 aromatic heterocycles. The van der Waals surface area contributed by atoms with Gasteiger partial charge in [0.05, 0.1) is 19.1 Å². The summed E-state index contributed by atoms with van der Waals surface area (Å²) in [7, 11) is 1.43. The molecule has 2 rings (SSSR count). The molecule has 0 aliphatic carbocycles. The van der Waals surface area contributed by atoms with Crippen molar-refractivity contribution in [1.82, 2.24) is 5.32 Å². The molecule has 2 aromatic rings. The van der Waals surface area contributed by atoms with Crippen LogP contribution in [0.2, 0.25) is 0 Å². The number of imide groups is 1. The maximum atomic E-state index is 12.0. The summed E-state index contributed by atoms with van der Waals surface area (Å²) in [6.07, 6.45) is 0.756. The molecule has 2 amide bonds. The van der Waals surface area contributed by atoms with Gasteiger partial charge in [0.25, 0.3) is 11.8 Å². The summed E-state index contributed by atoms with van der Waals surface area (Å²) in [5.41, 5.74) is 0.234. The summed E-state index contributed by atoms with van der Waals surface area (Å²) in [5.74, 6) is -1.42. The zero-order valence-electron chi connectivity index (χ0n) is 13.1. The number of rotatable bonds is 7. The molecule has 7 heteroatoms. The third-order valence-corrected chi connectivity index (χ3v) is 4.06. The fraction of sp³-hybridized carbons (Fsp3) is 0.235. The van der Waals surface area contributed by atoms with Gasteiger partial charge in [0, 0.05) is 4.88 Å². The van der Waals surface area contributed by atoms with Crippen molar-refractivity contribution in [2.24, 2.45) is 0 Å². The van der Waals surface area contributed by atoms with Crippen LogP contribution in [0.3, 0.4) is 0 Å². The Balaban J connectivity index is 1.76. The molecule has 0 saturated carbocycles. The number of hydrogen-bond donors (Lipinski definition) is 1. The van der Waals surface area contributed by atoms with Gasteiger partial charge < -0.3 is 9.47 Å².